The second-order valence-electron chi connectivity index (χ2n) is 5.85. The standard InChI is InChI=1S/C19H15ClFN3O/c1-11-23-16(10-25)18-9-22-19(13-4-2-3-5-15(13)21)14-8-12(20)6-7-17(14)24(11)18/h2-8,25H,9-10H2,1H3. The van der Waals surface area contributed by atoms with Crippen LogP contribution >= 0.6 is 11.6 Å². The zero-order valence-electron chi connectivity index (χ0n) is 13.5. The summed E-state index contributed by atoms with van der Waals surface area (Å²) in [6.07, 6.45) is 0. The van der Waals surface area contributed by atoms with E-state index in [2.05, 4.69) is 9.98 Å². The van der Waals surface area contributed by atoms with E-state index < -0.39 is 0 Å². The lowest BCUT2D eigenvalue weighted by Crippen LogP contribution is -2.09. The number of nitrogens with zero attached hydrogens (tertiary/aromatic N) is 3. The lowest BCUT2D eigenvalue weighted by Gasteiger charge is -2.14. The van der Waals surface area contributed by atoms with E-state index in [0.717, 1.165) is 22.8 Å². The highest BCUT2D eigenvalue weighted by atomic mass is 35.5. The summed E-state index contributed by atoms with van der Waals surface area (Å²) in [6, 6.07) is 12.0. The van der Waals surface area contributed by atoms with Crippen molar-refractivity contribution in [3.63, 3.8) is 0 Å². The Morgan fingerprint density at radius 2 is 2.00 bits per heavy atom. The number of rotatable bonds is 2. The van der Waals surface area contributed by atoms with Crippen molar-refractivity contribution in [3.05, 3.63) is 81.6 Å². The molecule has 1 aliphatic rings. The predicted octanol–water partition coefficient (Wildman–Crippen LogP) is 3.82. The quantitative estimate of drug-likeness (QED) is 0.759. The van der Waals surface area contributed by atoms with Gasteiger partial charge in [-0.2, -0.15) is 0 Å². The molecule has 1 aliphatic heterocycles. The molecule has 2 aromatic carbocycles. The first-order valence-corrected chi connectivity index (χ1v) is 8.25. The van der Waals surface area contributed by atoms with Crippen molar-refractivity contribution in [1.29, 1.82) is 0 Å². The second-order valence-corrected chi connectivity index (χ2v) is 6.29. The van der Waals surface area contributed by atoms with Gasteiger partial charge in [0.2, 0.25) is 0 Å². The van der Waals surface area contributed by atoms with Gasteiger partial charge < -0.3 is 5.11 Å². The van der Waals surface area contributed by atoms with Crippen LogP contribution in [-0.2, 0) is 13.2 Å². The van der Waals surface area contributed by atoms with Crippen LogP contribution in [0.2, 0.25) is 5.02 Å². The van der Waals surface area contributed by atoms with Gasteiger partial charge in [-0.15, -0.1) is 0 Å². The molecule has 0 spiro atoms. The summed E-state index contributed by atoms with van der Waals surface area (Å²) in [5, 5.41) is 10.2. The minimum atomic E-state index is -0.337. The van der Waals surface area contributed by atoms with Gasteiger partial charge in [-0.05, 0) is 37.3 Å². The van der Waals surface area contributed by atoms with Gasteiger partial charge in [-0.25, -0.2) is 9.37 Å². The lowest BCUT2D eigenvalue weighted by molar-refractivity contribution is 0.276. The Morgan fingerprint density at radius 1 is 1.20 bits per heavy atom. The van der Waals surface area contributed by atoms with Crippen molar-refractivity contribution >= 4 is 17.3 Å². The molecule has 3 aromatic rings. The molecule has 1 N–H and O–H groups in total. The number of fused-ring (bicyclic) bond motifs is 3. The molecule has 0 aliphatic carbocycles. The number of benzene rings is 2. The Bertz CT molecular complexity index is 1010. The van der Waals surface area contributed by atoms with Crippen molar-refractivity contribution in [2.45, 2.75) is 20.1 Å². The minimum Gasteiger partial charge on any atom is -0.390 e. The van der Waals surface area contributed by atoms with Gasteiger partial charge in [0.05, 0.1) is 35.9 Å². The molecule has 0 fully saturated rings. The third-order valence-corrected chi connectivity index (χ3v) is 4.58. The molecular formula is C19H15ClFN3O. The number of aryl methyl sites for hydroxylation is 1. The molecule has 0 saturated carbocycles. The molecule has 0 amide bonds. The Hall–Kier alpha value is -2.50. The first-order chi connectivity index (χ1) is 12.1. The Balaban J connectivity index is 2.03. The van der Waals surface area contributed by atoms with E-state index >= 15 is 0 Å². The van der Waals surface area contributed by atoms with Crippen LogP contribution in [0.15, 0.2) is 47.5 Å². The number of aromatic nitrogens is 2. The lowest BCUT2D eigenvalue weighted by atomic mass is 10.00. The van der Waals surface area contributed by atoms with E-state index in [4.69, 9.17) is 11.6 Å². The normalized spacial score (nSPS) is 13.0. The van der Waals surface area contributed by atoms with Crippen molar-refractivity contribution in [3.8, 4) is 5.69 Å². The first-order valence-electron chi connectivity index (χ1n) is 7.87. The van der Waals surface area contributed by atoms with Crippen molar-refractivity contribution < 1.29 is 9.50 Å². The minimum absolute atomic E-state index is 0.170. The molecule has 2 heterocycles. The first kappa shape index (κ1) is 16.0. The third-order valence-electron chi connectivity index (χ3n) is 4.34. The van der Waals surface area contributed by atoms with E-state index in [-0.39, 0.29) is 12.4 Å². The van der Waals surface area contributed by atoms with E-state index in [9.17, 15) is 9.50 Å². The van der Waals surface area contributed by atoms with Gasteiger partial charge in [0.25, 0.3) is 0 Å². The highest BCUT2D eigenvalue weighted by Crippen LogP contribution is 2.30. The van der Waals surface area contributed by atoms with Crippen LogP contribution in [0.1, 0.15) is 28.3 Å². The molecule has 6 heteroatoms. The number of aliphatic hydroxyl groups excluding tert-OH is 1. The number of halogens is 2. The maximum absolute atomic E-state index is 14.4. The molecule has 4 rings (SSSR count). The Kier molecular flexibility index (Phi) is 3.90. The van der Waals surface area contributed by atoms with E-state index in [1.54, 1.807) is 30.3 Å². The third kappa shape index (κ3) is 2.56. The Labute approximate surface area is 149 Å². The van der Waals surface area contributed by atoms with Gasteiger partial charge >= 0.3 is 0 Å². The highest BCUT2D eigenvalue weighted by molar-refractivity contribution is 6.31. The van der Waals surface area contributed by atoms with Gasteiger partial charge in [-0.1, -0.05) is 23.7 Å². The largest absolute Gasteiger partial charge is 0.390 e. The molecule has 0 unspecified atom stereocenters. The molecule has 4 nitrogen and oxygen atoms in total. The fourth-order valence-electron chi connectivity index (χ4n) is 3.26. The number of aliphatic hydroxyl groups is 1. The topological polar surface area (TPSA) is 50.4 Å². The van der Waals surface area contributed by atoms with E-state index in [1.165, 1.54) is 6.07 Å². The summed E-state index contributed by atoms with van der Waals surface area (Å²) in [5.41, 5.74) is 3.91. The molecule has 126 valence electrons. The molecule has 0 radical (unpaired) electrons. The van der Waals surface area contributed by atoms with Gasteiger partial charge in [0, 0.05) is 16.1 Å². The zero-order chi connectivity index (χ0) is 17.6. The zero-order valence-corrected chi connectivity index (χ0v) is 14.3. The Morgan fingerprint density at radius 3 is 2.76 bits per heavy atom. The molecule has 0 atom stereocenters. The summed E-state index contributed by atoms with van der Waals surface area (Å²) < 4.78 is 16.4. The maximum atomic E-state index is 14.4. The summed E-state index contributed by atoms with van der Waals surface area (Å²) in [5.74, 6) is 0.406. The van der Waals surface area contributed by atoms with Crippen LogP contribution in [0, 0.1) is 12.7 Å². The molecule has 1 aromatic heterocycles. The smallest absolute Gasteiger partial charge is 0.132 e. The summed E-state index contributed by atoms with van der Waals surface area (Å²) in [4.78, 5) is 9.07. The average Bonchev–Trinajstić information content (AvgIpc) is 2.82. The van der Waals surface area contributed by atoms with Crippen molar-refractivity contribution in [2.24, 2.45) is 4.99 Å². The van der Waals surface area contributed by atoms with Gasteiger partial charge in [0.1, 0.15) is 11.6 Å². The predicted molar refractivity (Wildman–Crippen MR) is 95.0 cm³/mol. The maximum Gasteiger partial charge on any atom is 0.132 e. The van der Waals surface area contributed by atoms with Crippen LogP contribution in [0.25, 0.3) is 5.69 Å². The van der Waals surface area contributed by atoms with Crippen LogP contribution in [0.4, 0.5) is 4.39 Å². The number of aliphatic imine (C=N–C) groups is 1. The van der Waals surface area contributed by atoms with Crippen LogP contribution in [-0.4, -0.2) is 20.4 Å². The second kappa shape index (κ2) is 6.10. The fraction of sp³-hybridized carbons (Fsp3) is 0.158. The number of hydrogen-bond acceptors (Lipinski definition) is 3. The van der Waals surface area contributed by atoms with Crippen LogP contribution < -0.4 is 0 Å². The van der Waals surface area contributed by atoms with Crippen LogP contribution in [0.3, 0.4) is 0 Å². The molecular weight excluding hydrogens is 341 g/mol. The number of hydrogen-bond donors (Lipinski definition) is 1. The summed E-state index contributed by atoms with van der Waals surface area (Å²) >= 11 is 6.21. The molecule has 0 saturated heterocycles. The van der Waals surface area contributed by atoms with E-state index in [1.807, 2.05) is 17.6 Å². The van der Waals surface area contributed by atoms with Gasteiger partial charge in [-0.3, -0.25) is 9.56 Å². The molecule has 25 heavy (non-hydrogen) atoms. The van der Waals surface area contributed by atoms with Gasteiger partial charge in [0.15, 0.2) is 0 Å². The SMILES string of the molecule is Cc1nc(CO)c2n1-c1ccc(Cl)cc1C(c1ccccc1F)=NC2. The summed E-state index contributed by atoms with van der Waals surface area (Å²) in [7, 11) is 0. The van der Waals surface area contributed by atoms with Crippen molar-refractivity contribution in [2.75, 3.05) is 0 Å². The number of imidazole rings is 1. The molecule has 0 bridgehead atoms. The van der Waals surface area contributed by atoms with Crippen molar-refractivity contribution in [1.82, 2.24) is 9.55 Å². The summed E-state index contributed by atoms with van der Waals surface area (Å²) in [6.45, 7) is 2.00. The average molecular weight is 356 g/mol. The highest BCUT2D eigenvalue weighted by Gasteiger charge is 2.24. The fourth-order valence-corrected chi connectivity index (χ4v) is 3.43. The van der Waals surface area contributed by atoms with Crippen LogP contribution in [0.5, 0.6) is 0 Å². The monoisotopic (exact) mass is 355 g/mol. The van der Waals surface area contributed by atoms with E-state index in [0.29, 0.717) is 28.5 Å².